The number of furan rings is 1. The lowest BCUT2D eigenvalue weighted by Gasteiger charge is -2.37. The Morgan fingerprint density at radius 1 is 1.19 bits per heavy atom. The zero-order valence-electron chi connectivity index (χ0n) is 13.7. The minimum absolute atomic E-state index is 0.0169. The van der Waals surface area contributed by atoms with Gasteiger partial charge in [-0.05, 0) is 49.1 Å². The van der Waals surface area contributed by atoms with Crippen molar-refractivity contribution in [2.24, 2.45) is 5.92 Å². The maximum absolute atomic E-state index is 12.8. The van der Waals surface area contributed by atoms with E-state index in [2.05, 4.69) is 19.9 Å². The molecule has 3 heterocycles. The largest absolute Gasteiger partial charge is 0.442 e. The molecule has 3 N–H and O–H groups in total. The average molecular weight is 374 g/mol. The van der Waals surface area contributed by atoms with Gasteiger partial charge in [0.05, 0.1) is 17.8 Å². The number of sulfonamides is 1. The quantitative estimate of drug-likeness (QED) is 0.605. The van der Waals surface area contributed by atoms with Gasteiger partial charge in [-0.2, -0.15) is 9.82 Å². The predicted octanol–water partition coefficient (Wildman–Crippen LogP) is 1.86. The van der Waals surface area contributed by atoms with Gasteiger partial charge in [0.1, 0.15) is 5.69 Å². The van der Waals surface area contributed by atoms with E-state index < -0.39 is 22.2 Å². The summed E-state index contributed by atoms with van der Waals surface area (Å²) in [6, 6.07) is 9.50. The van der Waals surface area contributed by atoms with E-state index in [4.69, 9.17) is 4.42 Å². The lowest BCUT2D eigenvalue weighted by molar-refractivity contribution is 0.0273. The number of nitrogens with zero attached hydrogens (tertiary/aromatic N) is 2. The third kappa shape index (κ3) is 3.28. The van der Waals surface area contributed by atoms with Gasteiger partial charge in [-0.3, -0.25) is 10.1 Å². The molecule has 9 heteroatoms. The first-order valence-corrected chi connectivity index (χ1v) is 9.72. The molecule has 0 amide bonds. The van der Waals surface area contributed by atoms with Gasteiger partial charge >= 0.3 is 0 Å². The van der Waals surface area contributed by atoms with Crippen LogP contribution in [0.15, 0.2) is 58.3 Å². The van der Waals surface area contributed by atoms with Crippen LogP contribution >= 0.6 is 0 Å². The van der Waals surface area contributed by atoms with Gasteiger partial charge in [0.2, 0.25) is 5.09 Å². The second kappa shape index (κ2) is 6.67. The molecule has 26 heavy (non-hydrogen) atoms. The average Bonchev–Trinajstić information content (AvgIpc) is 3.29. The Kier molecular flexibility index (Phi) is 4.35. The first-order chi connectivity index (χ1) is 12.5. The van der Waals surface area contributed by atoms with Crippen molar-refractivity contribution in [3.8, 4) is 11.5 Å². The smallest absolute Gasteiger partial charge is 0.274 e. The van der Waals surface area contributed by atoms with Crippen LogP contribution in [0.1, 0.15) is 24.6 Å². The SMILES string of the molecule is O=S(=O)(N[C@@H](c1ccccn1)C1CC(O)C1)c1ccc(-c2ccn[nH]2)o1. The highest BCUT2D eigenvalue weighted by Crippen LogP contribution is 2.38. The minimum atomic E-state index is -3.89. The van der Waals surface area contributed by atoms with Gasteiger partial charge in [-0.25, -0.2) is 8.42 Å². The fourth-order valence-electron chi connectivity index (χ4n) is 3.09. The zero-order valence-corrected chi connectivity index (χ0v) is 14.6. The Balaban J connectivity index is 1.60. The van der Waals surface area contributed by atoms with Crippen LogP contribution in [-0.4, -0.2) is 34.8 Å². The molecule has 0 radical (unpaired) electrons. The van der Waals surface area contributed by atoms with Crippen LogP contribution < -0.4 is 4.72 Å². The molecular formula is C17H18N4O4S. The van der Waals surface area contributed by atoms with Crippen LogP contribution in [0, 0.1) is 5.92 Å². The Labute approximate surface area is 150 Å². The maximum Gasteiger partial charge on any atom is 0.274 e. The molecular weight excluding hydrogens is 356 g/mol. The lowest BCUT2D eigenvalue weighted by atomic mass is 9.76. The normalized spacial score (nSPS) is 21.3. The molecule has 3 aromatic heterocycles. The van der Waals surface area contributed by atoms with Crippen molar-refractivity contribution in [2.45, 2.75) is 30.1 Å². The van der Waals surface area contributed by atoms with E-state index in [1.54, 1.807) is 36.7 Å². The monoisotopic (exact) mass is 374 g/mol. The van der Waals surface area contributed by atoms with Crippen LogP contribution in [-0.2, 0) is 10.0 Å². The minimum Gasteiger partial charge on any atom is -0.442 e. The van der Waals surface area contributed by atoms with E-state index in [1.165, 1.54) is 6.07 Å². The molecule has 3 aromatic rings. The summed E-state index contributed by atoms with van der Waals surface area (Å²) in [6.07, 6.45) is 3.84. The third-order valence-electron chi connectivity index (χ3n) is 4.52. The molecule has 0 bridgehead atoms. The summed E-state index contributed by atoms with van der Waals surface area (Å²) in [5, 5.41) is 16.0. The summed E-state index contributed by atoms with van der Waals surface area (Å²) < 4.78 is 33.8. The number of aromatic amines is 1. The van der Waals surface area contributed by atoms with Crippen molar-refractivity contribution in [1.82, 2.24) is 19.9 Å². The summed E-state index contributed by atoms with van der Waals surface area (Å²) in [4.78, 5) is 4.28. The number of pyridine rings is 1. The topological polar surface area (TPSA) is 121 Å². The molecule has 4 rings (SSSR count). The van der Waals surface area contributed by atoms with Gasteiger partial charge in [-0.15, -0.1) is 0 Å². The molecule has 0 spiro atoms. The van der Waals surface area contributed by atoms with E-state index in [0.717, 1.165) is 0 Å². The first-order valence-electron chi connectivity index (χ1n) is 8.24. The standard InChI is InChI=1S/C17H18N4O4S/c22-12-9-11(10-12)17(14-3-1-2-7-18-14)21-26(23,24)16-5-4-15(25-16)13-6-8-19-20-13/h1-8,11-12,17,21-22H,9-10H2,(H,19,20)/t11?,12?,17-/m1/s1. The Bertz CT molecular complexity index is 963. The van der Waals surface area contributed by atoms with Gasteiger partial charge < -0.3 is 9.52 Å². The molecule has 0 unspecified atom stereocenters. The molecule has 1 aliphatic rings. The summed E-state index contributed by atoms with van der Waals surface area (Å²) in [6.45, 7) is 0. The number of hydrogen-bond donors (Lipinski definition) is 3. The molecule has 1 fully saturated rings. The highest BCUT2D eigenvalue weighted by molar-refractivity contribution is 7.89. The van der Waals surface area contributed by atoms with E-state index in [-0.39, 0.29) is 11.0 Å². The number of nitrogens with one attached hydrogen (secondary N) is 2. The van der Waals surface area contributed by atoms with Gasteiger partial charge in [0, 0.05) is 12.4 Å². The van der Waals surface area contributed by atoms with E-state index in [9.17, 15) is 13.5 Å². The van der Waals surface area contributed by atoms with E-state index in [1.807, 2.05) is 6.07 Å². The fraction of sp³-hybridized carbons (Fsp3) is 0.294. The molecule has 0 saturated heterocycles. The zero-order chi connectivity index (χ0) is 18.1. The number of rotatable bonds is 6. The number of hydrogen-bond acceptors (Lipinski definition) is 6. The summed E-state index contributed by atoms with van der Waals surface area (Å²) in [5.74, 6) is 0.369. The first kappa shape index (κ1) is 17.0. The molecule has 1 atom stereocenters. The second-order valence-electron chi connectivity index (χ2n) is 6.33. The Morgan fingerprint density at radius 3 is 2.69 bits per heavy atom. The number of aliphatic hydroxyl groups excluding tert-OH is 1. The van der Waals surface area contributed by atoms with Crippen LogP contribution in [0.25, 0.3) is 11.5 Å². The van der Waals surface area contributed by atoms with E-state index >= 15 is 0 Å². The highest BCUT2D eigenvalue weighted by Gasteiger charge is 2.38. The molecule has 1 aliphatic carbocycles. The number of aliphatic hydroxyl groups is 1. The van der Waals surface area contributed by atoms with Crippen molar-refractivity contribution >= 4 is 10.0 Å². The van der Waals surface area contributed by atoms with Crippen molar-refractivity contribution in [3.05, 3.63) is 54.5 Å². The Morgan fingerprint density at radius 2 is 2.04 bits per heavy atom. The fourth-order valence-corrected chi connectivity index (χ4v) is 4.30. The van der Waals surface area contributed by atoms with Crippen LogP contribution in [0.3, 0.4) is 0 Å². The van der Waals surface area contributed by atoms with E-state index in [0.29, 0.717) is 30.0 Å². The van der Waals surface area contributed by atoms with Crippen molar-refractivity contribution in [3.63, 3.8) is 0 Å². The van der Waals surface area contributed by atoms with Crippen LogP contribution in [0.2, 0.25) is 0 Å². The van der Waals surface area contributed by atoms with Gasteiger partial charge in [0.15, 0.2) is 5.76 Å². The molecule has 8 nitrogen and oxygen atoms in total. The van der Waals surface area contributed by atoms with Crippen LogP contribution in [0.5, 0.6) is 0 Å². The summed E-state index contributed by atoms with van der Waals surface area (Å²) in [5.41, 5.74) is 1.21. The highest BCUT2D eigenvalue weighted by atomic mass is 32.2. The summed E-state index contributed by atoms with van der Waals surface area (Å²) in [7, 11) is -3.89. The molecule has 0 aromatic carbocycles. The van der Waals surface area contributed by atoms with Crippen LogP contribution in [0.4, 0.5) is 0 Å². The maximum atomic E-state index is 12.8. The van der Waals surface area contributed by atoms with Crippen molar-refractivity contribution in [2.75, 3.05) is 0 Å². The Hall–Kier alpha value is -2.49. The number of aromatic nitrogens is 3. The predicted molar refractivity (Wildman–Crippen MR) is 92.3 cm³/mol. The summed E-state index contributed by atoms with van der Waals surface area (Å²) >= 11 is 0. The van der Waals surface area contributed by atoms with Crippen molar-refractivity contribution in [1.29, 1.82) is 0 Å². The van der Waals surface area contributed by atoms with Crippen molar-refractivity contribution < 1.29 is 17.9 Å². The molecule has 136 valence electrons. The lowest BCUT2D eigenvalue weighted by Crippen LogP contribution is -2.41. The van der Waals surface area contributed by atoms with Gasteiger partial charge in [-0.1, -0.05) is 6.07 Å². The second-order valence-corrected chi connectivity index (χ2v) is 7.97. The third-order valence-corrected chi connectivity index (χ3v) is 5.84. The number of H-pyrrole nitrogens is 1. The van der Waals surface area contributed by atoms with Gasteiger partial charge in [0.25, 0.3) is 10.0 Å². The molecule has 0 aliphatic heterocycles. The molecule has 1 saturated carbocycles.